The van der Waals surface area contributed by atoms with E-state index in [0.717, 1.165) is 11.3 Å². The van der Waals surface area contributed by atoms with Crippen LogP contribution in [-0.2, 0) is 15.4 Å². The molecule has 0 aliphatic carbocycles. The molecule has 0 saturated carbocycles. The number of benzene rings is 1. The molecule has 2 aromatic heterocycles. The summed E-state index contributed by atoms with van der Waals surface area (Å²) in [5.41, 5.74) is 2.43. The van der Waals surface area contributed by atoms with E-state index in [0.29, 0.717) is 48.2 Å². The number of hydrogen-bond acceptors (Lipinski definition) is 7. The number of sulfonamides is 1. The molecule has 1 aliphatic rings. The maximum absolute atomic E-state index is 13.1. The predicted molar refractivity (Wildman–Crippen MR) is 116 cm³/mol. The van der Waals surface area contributed by atoms with Gasteiger partial charge in [0, 0.05) is 25.2 Å². The normalized spacial score (nSPS) is 16.5. The Morgan fingerprint density at radius 3 is 2.29 bits per heavy atom. The van der Waals surface area contributed by atoms with Gasteiger partial charge in [-0.2, -0.15) is 9.29 Å². The number of rotatable bonds is 4. The molecule has 0 atom stereocenters. The summed E-state index contributed by atoms with van der Waals surface area (Å²) in [7, 11) is -3.52. The van der Waals surface area contributed by atoms with Gasteiger partial charge in [-0.25, -0.2) is 13.4 Å². The third-order valence-electron chi connectivity index (χ3n) is 5.62. The molecule has 0 amide bonds. The van der Waals surface area contributed by atoms with E-state index in [2.05, 4.69) is 40.9 Å². The summed E-state index contributed by atoms with van der Waals surface area (Å²) in [5.74, 6) is 0.964. The van der Waals surface area contributed by atoms with Crippen LogP contribution in [0.3, 0.4) is 0 Å². The van der Waals surface area contributed by atoms with Crippen LogP contribution in [0.1, 0.15) is 56.6 Å². The number of nitrogens with zero attached hydrogens (tertiary/aromatic N) is 5. The van der Waals surface area contributed by atoms with Crippen LogP contribution in [0.2, 0.25) is 0 Å². The molecule has 0 unspecified atom stereocenters. The second-order valence-corrected chi connectivity index (χ2v) is 10.9. The third-order valence-corrected chi connectivity index (χ3v) is 7.53. The first kappa shape index (κ1) is 21.6. The molecule has 3 aromatic rings. The van der Waals surface area contributed by atoms with Crippen LogP contribution in [0.4, 0.5) is 0 Å². The van der Waals surface area contributed by atoms with Gasteiger partial charge in [0.05, 0.1) is 16.8 Å². The van der Waals surface area contributed by atoms with Gasteiger partial charge in [0.25, 0.3) is 5.89 Å². The SMILES string of the molecule is Cc1cnc(-c2nc(C3CCN(S(=O)(=O)c4ccc(C(C)(C)C)cc4)CC3)no2)cn1. The first-order chi connectivity index (χ1) is 14.6. The largest absolute Gasteiger partial charge is 0.332 e. The summed E-state index contributed by atoms with van der Waals surface area (Å²) in [5, 5.41) is 4.09. The quantitative estimate of drug-likeness (QED) is 0.608. The molecule has 0 N–H and O–H groups in total. The maximum atomic E-state index is 13.1. The second-order valence-electron chi connectivity index (χ2n) is 8.95. The average molecular weight is 442 g/mol. The van der Waals surface area contributed by atoms with Gasteiger partial charge in [-0.3, -0.25) is 4.98 Å². The van der Waals surface area contributed by atoms with Crippen molar-refractivity contribution in [3.63, 3.8) is 0 Å². The van der Waals surface area contributed by atoms with Gasteiger partial charge in [-0.05, 0) is 42.9 Å². The first-order valence-corrected chi connectivity index (χ1v) is 11.8. The van der Waals surface area contributed by atoms with Crippen LogP contribution in [0, 0.1) is 6.92 Å². The molecule has 1 fully saturated rings. The van der Waals surface area contributed by atoms with Gasteiger partial charge in [0.1, 0.15) is 5.69 Å². The molecule has 164 valence electrons. The zero-order valence-electron chi connectivity index (χ0n) is 18.2. The lowest BCUT2D eigenvalue weighted by molar-refractivity contribution is 0.307. The topological polar surface area (TPSA) is 102 Å². The summed E-state index contributed by atoms with van der Waals surface area (Å²) in [6.07, 6.45) is 4.53. The van der Waals surface area contributed by atoms with E-state index >= 15 is 0 Å². The van der Waals surface area contributed by atoms with Crippen molar-refractivity contribution in [2.45, 2.75) is 56.8 Å². The van der Waals surface area contributed by atoms with Crippen molar-refractivity contribution in [3.05, 3.63) is 53.7 Å². The Hall–Kier alpha value is -2.65. The molecular formula is C22H27N5O3S. The Morgan fingerprint density at radius 2 is 1.71 bits per heavy atom. The van der Waals surface area contributed by atoms with Crippen molar-refractivity contribution < 1.29 is 12.9 Å². The standard InChI is InChI=1S/C22H27N5O3S/c1-15-13-24-19(14-23-15)21-25-20(26-30-21)16-9-11-27(12-10-16)31(28,29)18-7-5-17(6-8-18)22(2,3)4/h5-8,13-14,16H,9-12H2,1-4H3. The summed E-state index contributed by atoms with van der Waals surface area (Å²) in [6.45, 7) is 9.02. The van der Waals surface area contributed by atoms with Crippen LogP contribution in [0.15, 0.2) is 46.1 Å². The predicted octanol–water partition coefficient (Wildman–Crippen LogP) is 3.70. The first-order valence-electron chi connectivity index (χ1n) is 10.4. The molecule has 0 bridgehead atoms. The van der Waals surface area contributed by atoms with E-state index in [9.17, 15) is 8.42 Å². The van der Waals surface area contributed by atoms with Crippen molar-refractivity contribution in [2.24, 2.45) is 0 Å². The number of hydrogen-bond donors (Lipinski definition) is 0. The Morgan fingerprint density at radius 1 is 1.03 bits per heavy atom. The molecule has 9 heteroatoms. The van der Waals surface area contributed by atoms with Crippen molar-refractivity contribution in [1.29, 1.82) is 0 Å². The number of piperidine rings is 1. The van der Waals surface area contributed by atoms with Gasteiger partial charge in [-0.15, -0.1) is 0 Å². The summed E-state index contributed by atoms with van der Waals surface area (Å²) in [6, 6.07) is 7.20. The van der Waals surface area contributed by atoms with Crippen molar-refractivity contribution in [3.8, 4) is 11.6 Å². The zero-order valence-corrected chi connectivity index (χ0v) is 19.1. The fourth-order valence-electron chi connectivity index (χ4n) is 3.64. The molecule has 0 radical (unpaired) electrons. The molecule has 8 nitrogen and oxygen atoms in total. The molecular weight excluding hydrogens is 414 g/mol. The molecule has 1 aliphatic heterocycles. The third kappa shape index (κ3) is 4.52. The van der Waals surface area contributed by atoms with E-state index in [4.69, 9.17) is 4.52 Å². The highest BCUT2D eigenvalue weighted by Crippen LogP contribution is 2.31. The maximum Gasteiger partial charge on any atom is 0.278 e. The molecule has 4 rings (SSSR count). The fourth-order valence-corrected chi connectivity index (χ4v) is 5.11. The lowest BCUT2D eigenvalue weighted by atomic mass is 9.87. The lowest BCUT2D eigenvalue weighted by Crippen LogP contribution is -2.38. The smallest absolute Gasteiger partial charge is 0.278 e. The highest BCUT2D eigenvalue weighted by atomic mass is 32.2. The molecule has 0 spiro atoms. The van der Waals surface area contributed by atoms with E-state index in [1.807, 2.05) is 19.1 Å². The minimum absolute atomic E-state index is 0.0196. The second kappa shape index (κ2) is 8.12. The Balaban J connectivity index is 1.43. The van der Waals surface area contributed by atoms with Crippen molar-refractivity contribution >= 4 is 10.0 Å². The van der Waals surface area contributed by atoms with E-state index < -0.39 is 10.0 Å². The van der Waals surface area contributed by atoms with Crippen LogP contribution in [0.25, 0.3) is 11.6 Å². The summed E-state index contributed by atoms with van der Waals surface area (Å²) in [4.78, 5) is 13.3. The van der Waals surface area contributed by atoms with Gasteiger partial charge in [0.2, 0.25) is 10.0 Å². The van der Waals surface area contributed by atoms with E-state index in [1.165, 1.54) is 0 Å². The number of aromatic nitrogens is 4. The van der Waals surface area contributed by atoms with Crippen LogP contribution < -0.4 is 0 Å². The monoisotopic (exact) mass is 441 g/mol. The summed E-state index contributed by atoms with van der Waals surface area (Å²) < 4.78 is 33.0. The fraction of sp³-hybridized carbons (Fsp3) is 0.455. The minimum Gasteiger partial charge on any atom is -0.332 e. The van der Waals surface area contributed by atoms with Crippen molar-refractivity contribution in [1.82, 2.24) is 24.4 Å². The molecule has 1 saturated heterocycles. The molecule has 1 aromatic carbocycles. The van der Waals surface area contributed by atoms with Crippen LogP contribution in [-0.4, -0.2) is 45.9 Å². The van der Waals surface area contributed by atoms with Gasteiger partial charge in [-0.1, -0.05) is 38.1 Å². The van der Waals surface area contributed by atoms with Crippen LogP contribution >= 0.6 is 0 Å². The molecule has 3 heterocycles. The minimum atomic E-state index is -3.52. The van der Waals surface area contributed by atoms with Gasteiger partial charge in [0.15, 0.2) is 5.82 Å². The average Bonchev–Trinajstić information content (AvgIpc) is 3.24. The van der Waals surface area contributed by atoms with E-state index in [-0.39, 0.29) is 11.3 Å². The van der Waals surface area contributed by atoms with Crippen LogP contribution in [0.5, 0.6) is 0 Å². The highest BCUT2D eigenvalue weighted by Gasteiger charge is 2.32. The Kier molecular flexibility index (Phi) is 5.65. The molecule has 31 heavy (non-hydrogen) atoms. The van der Waals surface area contributed by atoms with Crippen molar-refractivity contribution in [2.75, 3.05) is 13.1 Å². The lowest BCUT2D eigenvalue weighted by Gasteiger charge is -2.30. The number of aryl methyl sites for hydroxylation is 1. The van der Waals surface area contributed by atoms with Gasteiger partial charge < -0.3 is 4.52 Å². The van der Waals surface area contributed by atoms with E-state index in [1.54, 1.807) is 28.8 Å². The Labute approximate surface area is 182 Å². The highest BCUT2D eigenvalue weighted by molar-refractivity contribution is 7.89. The zero-order chi connectivity index (χ0) is 22.2. The van der Waals surface area contributed by atoms with Gasteiger partial charge >= 0.3 is 0 Å². The summed E-state index contributed by atoms with van der Waals surface area (Å²) >= 11 is 0. The Bertz CT molecular complexity index is 1140.